The smallest absolute Gasteiger partial charge is 0.338 e. The first-order valence-electron chi connectivity index (χ1n) is 10.2. The minimum Gasteiger partial charge on any atom is -0.422 e. The maximum absolute atomic E-state index is 12.4. The molecule has 4 heteroatoms. The monoisotopic (exact) mass is 390 g/mol. The maximum atomic E-state index is 12.4. The topological polar surface area (TPSA) is 52.6 Å². The first kappa shape index (κ1) is 19.4. The number of benzene rings is 2. The van der Waals surface area contributed by atoms with E-state index in [1.807, 2.05) is 18.2 Å². The summed E-state index contributed by atoms with van der Waals surface area (Å²) in [4.78, 5) is 24.9. The zero-order valence-corrected chi connectivity index (χ0v) is 17.3. The summed E-state index contributed by atoms with van der Waals surface area (Å²) in [5.41, 5.74) is 3.90. The lowest BCUT2D eigenvalue weighted by molar-refractivity contribution is -0.131. The molecule has 2 unspecified atom stereocenters. The highest BCUT2D eigenvalue weighted by Gasteiger charge is 2.43. The molecular formula is C25H26O4. The number of hydrogen-bond acceptors (Lipinski definition) is 4. The minimum atomic E-state index is -0.428. The Morgan fingerprint density at radius 2 is 1.45 bits per heavy atom. The molecule has 0 heterocycles. The van der Waals surface area contributed by atoms with Crippen molar-refractivity contribution in [3.8, 4) is 11.5 Å². The van der Waals surface area contributed by atoms with Crippen molar-refractivity contribution in [2.45, 2.75) is 58.3 Å². The second-order valence-corrected chi connectivity index (χ2v) is 8.27. The number of hydrogen-bond donors (Lipinski definition) is 0. The van der Waals surface area contributed by atoms with Crippen LogP contribution in [0.4, 0.5) is 0 Å². The molecule has 1 saturated carbocycles. The van der Waals surface area contributed by atoms with Crippen LogP contribution in [0.5, 0.6) is 11.5 Å². The second kappa shape index (κ2) is 7.18. The van der Waals surface area contributed by atoms with E-state index < -0.39 is 11.9 Å². The van der Waals surface area contributed by atoms with E-state index in [0.29, 0.717) is 34.5 Å². The summed E-state index contributed by atoms with van der Waals surface area (Å²) in [6, 6.07) is 6.05. The molecule has 2 atom stereocenters. The number of esters is 2. The summed E-state index contributed by atoms with van der Waals surface area (Å²) in [5.74, 6) is 1.00. The Morgan fingerprint density at radius 1 is 0.931 bits per heavy atom. The van der Waals surface area contributed by atoms with Gasteiger partial charge in [0.1, 0.15) is 11.5 Å². The number of rotatable bonds is 5. The van der Waals surface area contributed by atoms with Crippen LogP contribution in [0.2, 0.25) is 0 Å². The van der Waals surface area contributed by atoms with Gasteiger partial charge in [-0.2, -0.15) is 0 Å². The molecule has 0 radical (unpaired) electrons. The molecule has 4 rings (SSSR count). The average Bonchev–Trinajstić information content (AvgIpc) is 3.31. The third-order valence-corrected chi connectivity index (χ3v) is 6.10. The predicted octanol–water partition coefficient (Wildman–Crippen LogP) is 5.73. The van der Waals surface area contributed by atoms with Gasteiger partial charge in [-0.3, -0.25) is 0 Å². The number of carbonyl (C=O) groups is 2. The van der Waals surface area contributed by atoms with E-state index in [1.54, 1.807) is 13.8 Å². The van der Waals surface area contributed by atoms with Gasteiger partial charge in [0.25, 0.3) is 0 Å². The molecule has 2 aromatic rings. The number of fused-ring (bicyclic) bond motifs is 6. The molecule has 2 bridgehead atoms. The third kappa shape index (κ3) is 3.17. The van der Waals surface area contributed by atoms with Crippen LogP contribution in [0.15, 0.2) is 42.5 Å². The zero-order valence-electron chi connectivity index (χ0n) is 17.3. The van der Waals surface area contributed by atoms with Gasteiger partial charge in [0.15, 0.2) is 0 Å². The van der Waals surface area contributed by atoms with E-state index in [9.17, 15) is 9.59 Å². The van der Waals surface area contributed by atoms with Crippen LogP contribution >= 0.6 is 0 Å². The van der Waals surface area contributed by atoms with E-state index >= 15 is 0 Å². The highest BCUT2D eigenvalue weighted by atomic mass is 16.5. The Kier molecular flexibility index (Phi) is 4.81. The summed E-state index contributed by atoms with van der Waals surface area (Å²) < 4.78 is 11.8. The molecule has 0 aliphatic heterocycles. The Hall–Kier alpha value is -2.88. The SMILES string of the molecule is C=C(C)C(=O)Oc1c2c(c(OC(=O)C(=C)C)c3cc(CC)ccc13)C1CCC2C1. The third-order valence-electron chi connectivity index (χ3n) is 6.10. The Bertz CT molecular complexity index is 1080. The highest BCUT2D eigenvalue weighted by molar-refractivity contribution is 6.02. The van der Waals surface area contributed by atoms with E-state index in [1.165, 1.54) is 0 Å². The molecule has 0 spiro atoms. The van der Waals surface area contributed by atoms with Crippen LogP contribution in [0.3, 0.4) is 0 Å². The Labute approximate surface area is 171 Å². The van der Waals surface area contributed by atoms with Gasteiger partial charge in [0, 0.05) is 33.0 Å². The van der Waals surface area contributed by atoms with Crippen LogP contribution in [0, 0.1) is 0 Å². The van der Waals surface area contributed by atoms with Crippen molar-refractivity contribution in [2.24, 2.45) is 0 Å². The van der Waals surface area contributed by atoms with Gasteiger partial charge in [0.05, 0.1) is 0 Å². The fourth-order valence-corrected chi connectivity index (χ4v) is 4.63. The maximum Gasteiger partial charge on any atom is 0.338 e. The largest absolute Gasteiger partial charge is 0.422 e. The van der Waals surface area contributed by atoms with Gasteiger partial charge in [-0.25, -0.2) is 9.59 Å². The number of aryl methyl sites for hydroxylation is 1. The van der Waals surface area contributed by atoms with Crippen molar-refractivity contribution in [1.82, 2.24) is 0 Å². The summed E-state index contributed by atoms with van der Waals surface area (Å²) in [6.45, 7) is 12.8. The van der Waals surface area contributed by atoms with Crippen molar-refractivity contribution in [3.63, 3.8) is 0 Å². The van der Waals surface area contributed by atoms with E-state index in [2.05, 4.69) is 20.1 Å². The van der Waals surface area contributed by atoms with Crippen LogP contribution in [0.1, 0.15) is 68.6 Å². The van der Waals surface area contributed by atoms with Gasteiger partial charge < -0.3 is 9.47 Å². The zero-order chi connectivity index (χ0) is 20.9. The standard InChI is InChI=1S/C25H26O4/c1-6-15-7-10-18-19(11-15)23(29-25(27)14(4)5)21-17-9-8-16(12-17)20(21)22(18)28-24(26)13(2)3/h7,10-11,16-17H,2,4,6,8-9,12H2,1,3,5H3. The highest BCUT2D eigenvalue weighted by Crippen LogP contribution is 2.61. The Balaban J connectivity index is 2.02. The molecular weight excluding hydrogens is 364 g/mol. The normalized spacial score (nSPS) is 19.1. The molecule has 0 aromatic heterocycles. The second-order valence-electron chi connectivity index (χ2n) is 8.27. The van der Waals surface area contributed by atoms with Gasteiger partial charge in [0.2, 0.25) is 0 Å². The number of carbonyl (C=O) groups excluding carboxylic acids is 2. The Morgan fingerprint density at radius 3 is 1.93 bits per heavy atom. The van der Waals surface area contributed by atoms with E-state index in [4.69, 9.17) is 9.47 Å². The fourth-order valence-electron chi connectivity index (χ4n) is 4.63. The molecule has 150 valence electrons. The average molecular weight is 390 g/mol. The van der Waals surface area contributed by atoms with Crippen LogP contribution in [-0.2, 0) is 16.0 Å². The lowest BCUT2D eigenvalue weighted by atomic mass is 9.86. The molecule has 1 fully saturated rings. The lowest BCUT2D eigenvalue weighted by Crippen LogP contribution is -2.15. The molecule has 2 aromatic carbocycles. The van der Waals surface area contributed by atoms with Crippen LogP contribution in [0.25, 0.3) is 10.8 Å². The van der Waals surface area contributed by atoms with Crippen LogP contribution in [-0.4, -0.2) is 11.9 Å². The summed E-state index contributed by atoms with van der Waals surface area (Å²) in [6.07, 6.45) is 3.97. The molecule has 0 amide bonds. The molecule has 29 heavy (non-hydrogen) atoms. The first-order valence-corrected chi connectivity index (χ1v) is 10.2. The van der Waals surface area contributed by atoms with E-state index in [-0.39, 0.29) is 0 Å². The quantitative estimate of drug-likeness (QED) is 0.372. The van der Waals surface area contributed by atoms with Crippen molar-refractivity contribution in [2.75, 3.05) is 0 Å². The van der Waals surface area contributed by atoms with Crippen LogP contribution < -0.4 is 9.47 Å². The minimum absolute atomic E-state index is 0.319. The van der Waals surface area contributed by atoms with Gasteiger partial charge in [-0.15, -0.1) is 0 Å². The van der Waals surface area contributed by atoms with Crippen molar-refractivity contribution in [1.29, 1.82) is 0 Å². The van der Waals surface area contributed by atoms with Crippen molar-refractivity contribution < 1.29 is 19.1 Å². The first-order chi connectivity index (χ1) is 13.8. The molecule has 0 N–H and O–H groups in total. The molecule has 4 nitrogen and oxygen atoms in total. The summed E-state index contributed by atoms with van der Waals surface area (Å²) in [5, 5.41) is 1.61. The van der Waals surface area contributed by atoms with Crippen molar-refractivity contribution in [3.05, 3.63) is 59.2 Å². The molecule has 2 aliphatic carbocycles. The van der Waals surface area contributed by atoms with Gasteiger partial charge >= 0.3 is 11.9 Å². The molecule has 2 aliphatic rings. The predicted molar refractivity (Wildman–Crippen MR) is 114 cm³/mol. The number of ether oxygens (including phenoxy) is 2. The molecule has 0 saturated heterocycles. The van der Waals surface area contributed by atoms with Gasteiger partial charge in [-0.1, -0.05) is 32.2 Å². The summed E-state index contributed by atoms with van der Waals surface area (Å²) in [7, 11) is 0. The lowest BCUT2D eigenvalue weighted by Gasteiger charge is -2.24. The van der Waals surface area contributed by atoms with Gasteiger partial charge in [-0.05, 0) is 63.0 Å². The van der Waals surface area contributed by atoms with Crippen molar-refractivity contribution >= 4 is 22.7 Å². The summed E-state index contributed by atoms with van der Waals surface area (Å²) >= 11 is 0. The fraction of sp³-hybridized carbons (Fsp3) is 0.360. The van der Waals surface area contributed by atoms with E-state index in [0.717, 1.165) is 53.1 Å².